The molecule has 0 aliphatic carbocycles. The molecular weight excluding hydrogens is 208 g/mol. The summed E-state index contributed by atoms with van der Waals surface area (Å²) in [6.07, 6.45) is 4.50. The van der Waals surface area contributed by atoms with Gasteiger partial charge >= 0.3 is 0 Å². The Kier molecular flexibility index (Phi) is 3.49. The summed E-state index contributed by atoms with van der Waals surface area (Å²) in [6.45, 7) is 3.15. The van der Waals surface area contributed by atoms with Gasteiger partial charge in [-0.05, 0) is 26.3 Å². The van der Waals surface area contributed by atoms with Gasteiger partial charge in [0.2, 0.25) is 0 Å². The molecule has 2 heterocycles. The molecule has 1 aromatic heterocycles. The van der Waals surface area contributed by atoms with Gasteiger partial charge in [-0.3, -0.25) is 9.78 Å². The molecule has 1 aliphatic rings. The molecule has 3 nitrogen and oxygen atoms in total. The molecule has 82 valence electrons. The average molecular weight is 224 g/mol. The fraction of sp³-hybridized carbons (Fsp3) is 0.636. The van der Waals surface area contributed by atoms with Crippen LogP contribution in [0.2, 0.25) is 0 Å². The summed E-state index contributed by atoms with van der Waals surface area (Å²) in [4.78, 5) is 17.1. The highest BCUT2D eigenvalue weighted by atomic mass is 32.1. The van der Waals surface area contributed by atoms with Crippen LogP contribution in [0, 0.1) is 5.92 Å². The molecule has 2 atom stereocenters. The van der Waals surface area contributed by atoms with Gasteiger partial charge in [-0.15, -0.1) is 11.3 Å². The Labute approximate surface area is 93.9 Å². The Morgan fingerprint density at radius 2 is 2.60 bits per heavy atom. The van der Waals surface area contributed by atoms with E-state index in [1.165, 1.54) is 0 Å². The lowest BCUT2D eigenvalue weighted by molar-refractivity contribution is -0.123. The molecular formula is C11H16N2OS. The molecule has 1 N–H and O–H groups in total. The van der Waals surface area contributed by atoms with E-state index in [0.717, 1.165) is 24.3 Å². The molecule has 1 aliphatic heterocycles. The first-order valence-electron chi connectivity index (χ1n) is 5.41. The van der Waals surface area contributed by atoms with Crippen LogP contribution in [-0.4, -0.2) is 23.4 Å². The maximum absolute atomic E-state index is 12.0. The quantitative estimate of drug-likeness (QED) is 0.848. The van der Waals surface area contributed by atoms with Crippen LogP contribution >= 0.6 is 11.3 Å². The van der Waals surface area contributed by atoms with Gasteiger partial charge in [0.25, 0.3) is 0 Å². The zero-order chi connectivity index (χ0) is 10.7. The third kappa shape index (κ3) is 2.63. The SMILES string of the molecule is CC1NCCCC1C(=O)Cc1cncs1. The van der Waals surface area contributed by atoms with Crippen LogP contribution in [-0.2, 0) is 11.2 Å². The molecule has 1 fully saturated rings. The van der Waals surface area contributed by atoms with Crippen molar-refractivity contribution in [2.24, 2.45) is 5.92 Å². The van der Waals surface area contributed by atoms with Crippen molar-refractivity contribution >= 4 is 17.1 Å². The number of carbonyl (C=O) groups is 1. The minimum absolute atomic E-state index is 0.195. The summed E-state index contributed by atoms with van der Waals surface area (Å²) in [5, 5.41) is 3.36. The molecule has 0 bridgehead atoms. The summed E-state index contributed by atoms with van der Waals surface area (Å²) < 4.78 is 0. The fourth-order valence-corrected chi connectivity index (χ4v) is 2.72. The zero-order valence-electron chi connectivity index (χ0n) is 8.90. The largest absolute Gasteiger partial charge is 0.314 e. The number of carbonyl (C=O) groups excluding carboxylic acids is 1. The van der Waals surface area contributed by atoms with Crippen molar-refractivity contribution in [1.82, 2.24) is 10.3 Å². The van der Waals surface area contributed by atoms with E-state index >= 15 is 0 Å². The Morgan fingerprint density at radius 1 is 1.73 bits per heavy atom. The van der Waals surface area contributed by atoms with Crippen LogP contribution in [0.3, 0.4) is 0 Å². The molecule has 15 heavy (non-hydrogen) atoms. The Hall–Kier alpha value is -0.740. The second-order valence-electron chi connectivity index (χ2n) is 4.10. The summed E-state index contributed by atoms with van der Waals surface area (Å²) in [7, 11) is 0. The second-order valence-corrected chi connectivity index (χ2v) is 5.07. The highest BCUT2D eigenvalue weighted by molar-refractivity contribution is 7.09. The predicted octanol–water partition coefficient (Wildman–Crippen LogP) is 1.64. The van der Waals surface area contributed by atoms with Gasteiger partial charge in [0.1, 0.15) is 5.78 Å². The third-order valence-electron chi connectivity index (χ3n) is 3.01. The summed E-state index contributed by atoms with van der Waals surface area (Å²) in [5.41, 5.74) is 1.78. The maximum Gasteiger partial charge on any atom is 0.142 e. The van der Waals surface area contributed by atoms with E-state index in [-0.39, 0.29) is 5.92 Å². The number of Topliss-reactive ketones (excluding diaryl/α,β-unsaturated/α-hetero) is 1. The lowest BCUT2D eigenvalue weighted by atomic mass is 9.87. The van der Waals surface area contributed by atoms with Crippen molar-refractivity contribution in [3.63, 3.8) is 0 Å². The van der Waals surface area contributed by atoms with E-state index in [9.17, 15) is 4.79 Å². The highest BCUT2D eigenvalue weighted by Gasteiger charge is 2.27. The first-order valence-corrected chi connectivity index (χ1v) is 6.29. The predicted molar refractivity (Wildman–Crippen MR) is 61.0 cm³/mol. The molecule has 2 rings (SSSR count). The van der Waals surface area contributed by atoms with E-state index in [4.69, 9.17) is 0 Å². The summed E-state index contributed by atoms with van der Waals surface area (Å²) in [5.74, 6) is 0.555. The van der Waals surface area contributed by atoms with Crippen LogP contribution in [0.4, 0.5) is 0 Å². The van der Waals surface area contributed by atoms with Gasteiger partial charge in [0.05, 0.1) is 5.51 Å². The summed E-state index contributed by atoms with van der Waals surface area (Å²) in [6, 6.07) is 0.333. The number of hydrogen-bond acceptors (Lipinski definition) is 4. The molecule has 0 amide bonds. The standard InChI is InChI=1S/C11H16N2OS/c1-8-10(3-2-4-13-8)11(14)5-9-6-12-7-15-9/h6-8,10,13H,2-5H2,1H3. The zero-order valence-corrected chi connectivity index (χ0v) is 9.72. The molecule has 2 unspecified atom stereocenters. The Bertz CT molecular complexity index is 323. The van der Waals surface area contributed by atoms with Crippen molar-refractivity contribution in [1.29, 1.82) is 0 Å². The van der Waals surface area contributed by atoms with Crippen molar-refractivity contribution in [2.75, 3.05) is 6.54 Å². The van der Waals surface area contributed by atoms with Gasteiger partial charge in [0.15, 0.2) is 0 Å². The number of piperidine rings is 1. The molecule has 0 saturated carbocycles. The van der Waals surface area contributed by atoms with Gasteiger partial charge in [-0.2, -0.15) is 0 Å². The van der Waals surface area contributed by atoms with Gasteiger partial charge in [0, 0.05) is 29.5 Å². The number of rotatable bonds is 3. The fourth-order valence-electron chi connectivity index (χ4n) is 2.12. The second kappa shape index (κ2) is 4.86. The molecule has 4 heteroatoms. The molecule has 0 radical (unpaired) electrons. The van der Waals surface area contributed by atoms with Crippen LogP contribution in [0.25, 0.3) is 0 Å². The number of aromatic nitrogens is 1. The first-order chi connectivity index (χ1) is 7.27. The lowest BCUT2D eigenvalue weighted by Crippen LogP contribution is -2.43. The normalized spacial score (nSPS) is 26.5. The highest BCUT2D eigenvalue weighted by Crippen LogP contribution is 2.20. The number of ketones is 1. The van der Waals surface area contributed by atoms with Crippen molar-refractivity contribution in [2.45, 2.75) is 32.2 Å². The van der Waals surface area contributed by atoms with Gasteiger partial charge in [-0.1, -0.05) is 0 Å². The van der Waals surface area contributed by atoms with E-state index < -0.39 is 0 Å². The third-order valence-corrected chi connectivity index (χ3v) is 3.79. The van der Waals surface area contributed by atoms with Crippen molar-refractivity contribution < 1.29 is 4.79 Å². The summed E-state index contributed by atoms with van der Waals surface area (Å²) >= 11 is 1.56. The van der Waals surface area contributed by atoms with Gasteiger partial charge in [-0.25, -0.2) is 0 Å². The molecule has 0 spiro atoms. The van der Waals surface area contributed by atoms with Crippen LogP contribution in [0.1, 0.15) is 24.6 Å². The number of thiazole rings is 1. The Morgan fingerprint density at radius 3 is 3.27 bits per heavy atom. The van der Waals surface area contributed by atoms with Crippen LogP contribution in [0.5, 0.6) is 0 Å². The Balaban J connectivity index is 1.95. The molecule has 1 aromatic rings. The molecule has 1 saturated heterocycles. The number of nitrogens with one attached hydrogen (secondary N) is 1. The smallest absolute Gasteiger partial charge is 0.142 e. The lowest BCUT2D eigenvalue weighted by Gasteiger charge is -2.28. The topological polar surface area (TPSA) is 42.0 Å². The first kappa shape index (κ1) is 10.8. The van der Waals surface area contributed by atoms with E-state index in [2.05, 4.69) is 17.2 Å². The minimum atomic E-state index is 0.195. The van der Waals surface area contributed by atoms with E-state index in [1.54, 1.807) is 23.0 Å². The number of nitrogens with zero attached hydrogens (tertiary/aromatic N) is 1. The van der Waals surface area contributed by atoms with E-state index in [1.807, 2.05) is 0 Å². The average Bonchev–Trinajstić information content (AvgIpc) is 2.71. The van der Waals surface area contributed by atoms with Crippen molar-refractivity contribution in [3.8, 4) is 0 Å². The number of hydrogen-bond donors (Lipinski definition) is 1. The minimum Gasteiger partial charge on any atom is -0.314 e. The van der Waals surface area contributed by atoms with Crippen LogP contribution < -0.4 is 5.32 Å². The molecule has 0 aromatic carbocycles. The van der Waals surface area contributed by atoms with Crippen LogP contribution in [0.15, 0.2) is 11.7 Å². The monoisotopic (exact) mass is 224 g/mol. The van der Waals surface area contributed by atoms with Gasteiger partial charge < -0.3 is 5.32 Å². The van der Waals surface area contributed by atoms with E-state index in [0.29, 0.717) is 18.2 Å². The maximum atomic E-state index is 12.0. The van der Waals surface area contributed by atoms with Crippen molar-refractivity contribution in [3.05, 3.63) is 16.6 Å².